The van der Waals surface area contributed by atoms with Gasteiger partial charge in [-0.05, 0) is 13.8 Å². The molecule has 0 saturated carbocycles. The molecule has 0 aliphatic carbocycles. The number of nitrogens with one attached hydrogen (secondary N) is 1. The van der Waals surface area contributed by atoms with E-state index in [1.54, 1.807) is 11.8 Å². The maximum absolute atomic E-state index is 11.3. The van der Waals surface area contributed by atoms with Crippen LogP contribution < -0.4 is 5.32 Å². The van der Waals surface area contributed by atoms with E-state index in [-0.39, 0.29) is 12.1 Å². The molecule has 6 heteroatoms. The molecule has 0 aromatic carbocycles. The summed E-state index contributed by atoms with van der Waals surface area (Å²) in [6.45, 7) is 4.99. The molecule has 76 valence electrons. The highest BCUT2D eigenvalue weighted by Crippen LogP contribution is 2.19. The smallest absolute Gasteiger partial charge is 0.318 e. The third kappa shape index (κ3) is 1.43. The first kappa shape index (κ1) is 8.98. The molecule has 1 saturated heterocycles. The minimum Gasteiger partial charge on any atom is -0.337 e. The van der Waals surface area contributed by atoms with Gasteiger partial charge in [0.15, 0.2) is 5.82 Å². The Kier molecular flexibility index (Phi) is 2.11. The quantitative estimate of drug-likeness (QED) is 0.746. The first-order valence-electron chi connectivity index (χ1n) is 4.53. The van der Waals surface area contributed by atoms with Crippen LogP contribution >= 0.6 is 0 Å². The zero-order valence-electron chi connectivity index (χ0n) is 8.15. The lowest BCUT2D eigenvalue weighted by Crippen LogP contribution is -2.30. The van der Waals surface area contributed by atoms with Crippen molar-refractivity contribution in [1.82, 2.24) is 20.4 Å². The van der Waals surface area contributed by atoms with Crippen molar-refractivity contribution in [3.8, 4) is 0 Å². The monoisotopic (exact) mass is 196 g/mol. The highest BCUT2D eigenvalue weighted by molar-refractivity contribution is 5.76. The van der Waals surface area contributed by atoms with Gasteiger partial charge in [0.2, 0.25) is 5.89 Å². The maximum atomic E-state index is 11.3. The van der Waals surface area contributed by atoms with Gasteiger partial charge in [0.1, 0.15) is 6.04 Å². The van der Waals surface area contributed by atoms with E-state index in [1.165, 1.54) is 0 Å². The number of amides is 2. The molecule has 6 nitrogen and oxygen atoms in total. The van der Waals surface area contributed by atoms with Gasteiger partial charge in [0.05, 0.1) is 0 Å². The van der Waals surface area contributed by atoms with Gasteiger partial charge >= 0.3 is 6.03 Å². The number of carbonyl (C=O) groups is 1. The Labute approximate surface area is 81.3 Å². The molecule has 0 spiro atoms. The van der Waals surface area contributed by atoms with E-state index in [0.717, 1.165) is 0 Å². The van der Waals surface area contributed by atoms with Gasteiger partial charge in [0, 0.05) is 13.1 Å². The summed E-state index contributed by atoms with van der Waals surface area (Å²) in [4.78, 5) is 17.1. The van der Waals surface area contributed by atoms with E-state index in [0.29, 0.717) is 24.8 Å². The number of nitrogens with zero attached hydrogens (tertiary/aromatic N) is 3. The first-order valence-corrected chi connectivity index (χ1v) is 4.53. The molecule has 2 heterocycles. The lowest BCUT2D eigenvalue weighted by atomic mass is 10.3. The molecule has 1 aromatic heterocycles. The second kappa shape index (κ2) is 3.28. The topological polar surface area (TPSA) is 71.3 Å². The van der Waals surface area contributed by atoms with E-state index in [2.05, 4.69) is 15.5 Å². The van der Waals surface area contributed by atoms with Crippen molar-refractivity contribution in [3.63, 3.8) is 0 Å². The van der Waals surface area contributed by atoms with Crippen molar-refractivity contribution >= 4 is 6.03 Å². The van der Waals surface area contributed by atoms with Gasteiger partial charge < -0.3 is 14.7 Å². The van der Waals surface area contributed by atoms with Crippen LogP contribution in [0.25, 0.3) is 0 Å². The van der Waals surface area contributed by atoms with Crippen LogP contribution in [0.5, 0.6) is 0 Å². The minimum absolute atomic E-state index is 0.0756. The molecule has 1 atom stereocenters. The molecule has 1 N–H and O–H groups in total. The van der Waals surface area contributed by atoms with E-state index in [1.807, 2.05) is 6.92 Å². The SMILES string of the molecule is Cc1noc([C@@H](C)N2CCNC2=O)n1. The zero-order chi connectivity index (χ0) is 10.1. The fourth-order valence-corrected chi connectivity index (χ4v) is 1.47. The summed E-state index contributed by atoms with van der Waals surface area (Å²) in [5, 5.41) is 6.41. The summed E-state index contributed by atoms with van der Waals surface area (Å²) < 4.78 is 5.00. The predicted octanol–water partition coefficient (Wildman–Crippen LogP) is 0.464. The summed E-state index contributed by atoms with van der Waals surface area (Å²) in [6.07, 6.45) is 0. The van der Waals surface area contributed by atoms with Crippen LogP contribution in [0.15, 0.2) is 4.52 Å². The Hall–Kier alpha value is -1.59. The normalized spacial score (nSPS) is 18.4. The second-order valence-electron chi connectivity index (χ2n) is 3.28. The number of hydrogen-bond acceptors (Lipinski definition) is 4. The second-order valence-corrected chi connectivity index (χ2v) is 3.28. The summed E-state index contributed by atoms with van der Waals surface area (Å²) in [5.41, 5.74) is 0. The van der Waals surface area contributed by atoms with Gasteiger partial charge in [-0.25, -0.2) is 4.79 Å². The van der Waals surface area contributed by atoms with Crippen molar-refractivity contribution in [2.24, 2.45) is 0 Å². The highest BCUT2D eigenvalue weighted by atomic mass is 16.5. The molecule has 2 amide bonds. The average Bonchev–Trinajstić information content (AvgIpc) is 2.73. The number of aryl methyl sites for hydroxylation is 1. The first-order chi connectivity index (χ1) is 6.68. The molecule has 1 fully saturated rings. The third-order valence-corrected chi connectivity index (χ3v) is 2.26. The number of urea groups is 1. The molecule has 0 unspecified atom stereocenters. The summed E-state index contributed by atoms with van der Waals surface area (Å²) >= 11 is 0. The average molecular weight is 196 g/mol. The molecule has 0 bridgehead atoms. The van der Waals surface area contributed by atoms with Gasteiger partial charge in [-0.1, -0.05) is 5.16 Å². The van der Waals surface area contributed by atoms with Crippen LogP contribution in [0.3, 0.4) is 0 Å². The molecular weight excluding hydrogens is 184 g/mol. The highest BCUT2D eigenvalue weighted by Gasteiger charge is 2.28. The van der Waals surface area contributed by atoms with Crippen molar-refractivity contribution in [2.75, 3.05) is 13.1 Å². The lowest BCUT2D eigenvalue weighted by molar-refractivity contribution is 0.188. The summed E-state index contributed by atoms with van der Waals surface area (Å²) in [6, 6.07) is -0.230. The Bertz CT molecular complexity index is 349. The van der Waals surface area contributed by atoms with Gasteiger partial charge in [-0.2, -0.15) is 4.98 Å². The van der Waals surface area contributed by atoms with Crippen molar-refractivity contribution in [3.05, 3.63) is 11.7 Å². The van der Waals surface area contributed by atoms with Crippen LogP contribution in [0.4, 0.5) is 4.79 Å². The molecular formula is C8H12N4O2. The Morgan fingerprint density at radius 3 is 2.93 bits per heavy atom. The van der Waals surface area contributed by atoms with Crippen LogP contribution in [0.2, 0.25) is 0 Å². The molecule has 1 aliphatic rings. The molecule has 14 heavy (non-hydrogen) atoms. The molecule has 1 aliphatic heterocycles. The maximum Gasteiger partial charge on any atom is 0.318 e. The number of carbonyl (C=O) groups excluding carboxylic acids is 1. The standard InChI is InChI=1S/C8H12N4O2/c1-5(7-10-6(2)11-14-7)12-4-3-9-8(12)13/h5H,3-4H2,1-2H3,(H,9,13)/t5-/m1/s1. The molecule has 0 radical (unpaired) electrons. The van der Waals surface area contributed by atoms with Gasteiger partial charge in [-0.3, -0.25) is 0 Å². The van der Waals surface area contributed by atoms with Gasteiger partial charge in [0.25, 0.3) is 0 Å². The van der Waals surface area contributed by atoms with Crippen LogP contribution in [0.1, 0.15) is 24.7 Å². The largest absolute Gasteiger partial charge is 0.337 e. The Balaban J connectivity index is 2.15. The molecule has 1 aromatic rings. The zero-order valence-corrected chi connectivity index (χ0v) is 8.15. The molecule has 2 rings (SSSR count). The fraction of sp³-hybridized carbons (Fsp3) is 0.625. The third-order valence-electron chi connectivity index (χ3n) is 2.26. The van der Waals surface area contributed by atoms with Crippen molar-refractivity contribution in [1.29, 1.82) is 0 Å². The number of aromatic nitrogens is 2. The minimum atomic E-state index is -0.154. The predicted molar refractivity (Wildman–Crippen MR) is 47.6 cm³/mol. The number of rotatable bonds is 2. The Morgan fingerprint density at radius 2 is 2.43 bits per heavy atom. The van der Waals surface area contributed by atoms with Gasteiger partial charge in [-0.15, -0.1) is 0 Å². The summed E-state index contributed by atoms with van der Waals surface area (Å²) in [5.74, 6) is 1.08. The summed E-state index contributed by atoms with van der Waals surface area (Å²) in [7, 11) is 0. The number of hydrogen-bond donors (Lipinski definition) is 1. The van der Waals surface area contributed by atoms with E-state index >= 15 is 0 Å². The lowest BCUT2D eigenvalue weighted by Gasteiger charge is -2.18. The van der Waals surface area contributed by atoms with Crippen LogP contribution in [-0.4, -0.2) is 34.2 Å². The van der Waals surface area contributed by atoms with E-state index < -0.39 is 0 Å². The van der Waals surface area contributed by atoms with Crippen LogP contribution in [0, 0.1) is 6.92 Å². The van der Waals surface area contributed by atoms with E-state index in [4.69, 9.17) is 4.52 Å². The fourth-order valence-electron chi connectivity index (χ4n) is 1.47. The van der Waals surface area contributed by atoms with Crippen LogP contribution in [-0.2, 0) is 0 Å². The van der Waals surface area contributed by atoms with Crippen molar-refractivity contribution < 1.29 is 9.32 Å². The Morgan fingerprint density at radius 1 is 1.64 bits per heavy atom. The van der Waals surface area contributed by atoms with E-state index in [9.17, 15) is 4.79 Å². The van der Waals surface area contributed by atoms with Crippen molar-refractivity contribution in [2.45, 2.75) is 19.9 Å².